The number of aromatic carboxylic acids is 1. The van der Waals surface area contributed by atoms with E-state index in [0.717, 1.165) is 11.3 Å². The maximum absolute atomic E-state index is 11.5. The summed E-state index contributed by atoms with van der Waals surface area (Å²) in [5.74, 6) is -0.367. The van der Waals surface area contributed by atoms with E-state index in [1.54, 1.807) is 18.2 Å². The molecule has 1 saturated heterocycles. The number of hydrogen-bond donors (Lipinski definition) is 1. The van der Waals surface area contributed by atoms with Crippen LogP contribution in [0.15, 0.2) is 48.5 Å². The van der Waals surface area contributed by atoms with E-state index >= 15 is 0 Å². The number of hydrogen-bond acceptors (Lipinski definition) is 3. The molecule has 0 aliphatic carbocycles. The number of carbonyl (C=O) groups is 2. The lowest BCUT2D eigenvalue weighted by Gasteiger charge is -2.31. The summed E-state index contributed by atoms with van der Waals surface area (Å²) in [5, 5.41) is 9.35. The Labute approximate surface area is 127 Å². The van der Waals surface area contributed by atoms with E-state index in [2.05, 4.69) is 0 Å². The molecule has 0 unspecified atom stereocenters. The highest BCUT2D eigenvalue weighted by atomic mass is 16.5. The third kappa shape index (κ3) is 2.79. The fraction of sp³-hybridized carbons (Fsp3) is 0.176. The number of carboxylic acid groups (broad SMARTS) is 1. The van der Waals surface area contributed by atoms with Crippen LogP contribution in [-0.4, -0.2) is 23.5 Å². The number of β-lactam (4-membered cyclic amide) rings is 1. The molecule has 5 heteroatoms. The monoisotopic (exact) mass is 297 g/mol. The van der Waals surface area contributed by atoms with Gasteiger partial charge in [-0.2, -0.15) is 0 Å². The average Bonchev–Trinajstić information content (AvgIpc) is 2.53. The summed E-state index contributed by atoms with van der Waals surface area (Å²) in [5.41, 5.74) is 1.33. The normalized spacial score (nSPS) is 13.6. The average molecular weight is 297 g/mol. The topological polar surface area (TPSA) is 66.8 Å². The van der Waals surface area contributed by atoms with Crippen LogP contribution in [-0.2, 0) is 11.4 Å². The lowest BCUT2D eigenvalue weighted by molar-refractivity contribution is -0.122. The Balaban J connectivity index is 1.80. The van der Waals surface area contributed by atoms with Crippen molar-refractivity contribution in [3.8, 4) is 5.75 Å². The Hall–Kier alpha value is -2.82. The van der Waals surface area contributed by atoms with Crippen molar-refractivity contribution < 1.29 is 19.4 Å². The summed E-state index contributed by atoms with van der Waals surface area (Å²) in [6.07, 6.45) is 0.470. The van der Waals surface area contributed by atoms with Gasteiger partial charge in [0.25, 0.3) is 0 Å². The SMILES string of the molecule is O=C(O)c1cc(COc2ccccc2)ccc1N1CCC1=O. The fourth-order valence-electron chi connectivity index (χ4n) is 2.33. The number of benzene rings is 2. The molecule has 2 aromatic carbocycles. The minimum Gasteiger partial charge on any atom is -0.489 e. The molecule has 112 valence electrons. The van der Waals surface area contributed by atoms with Crippen molar-refractivity contribution in [3.63, 3.8) is 0 Å². The molecule has 1 heterocycles. The van der Waals surface area contributed by atoms with Crippen molar-refractivity contribution in [3.05, 3.63) is 59.7 Å². The van der Waals surface area contributed by atoms with Crippen molar-refractivity contribution in [2.24, 2.45) is 0 Å². The number of carboxylic acids is 1. The van der Waals surface area contributed by atoms with Crippen molar-refractivity contribution in [1.82, 2.24) is 0 Å². The smallest absolute Gasteiger partial charge is 0.337 e. The maximum Gasteiger partial charge on any atom is 0.337 e. The Morgan fingerprint density at radius 1 is 1.18 bits per heavy atom. The quantitative estimate of drug-likeness (QED) is 0.862. The van der Waals surface area contributed by atoms with Crippen LogP contribution >= 0.6 is 0 Å². The summed E-state index contributed by atoms with van der Waals surface area (Å²) >= 11 is 0. The molecule has 3 rings (SSSR count). The molecular formula is C17H15NO4. The van der Waals surface area contributed by atoms with Crippen LogP contribution in [0.25, 0.3) is 0 Å². The van der Waals surface area contributed by atoms with Gasteiger partial charge in [0.15, 0.2) is 0 Å². The maximum atomic E-state index is 11.5. The van der Waals surface area contributed by atoms with Gasteiger partial charge in [-0.1, -0.05) is 24.3 Å². The molecule has 1 N–H and O–H groups in total. The molecule has 0 aromatic heterocycles. The minimum atomic E-state index is -1.05. The molecule has 0 saturated carbocycles. The van der Waals surface area contributed by atoms with Gasteiger partial charge in [0, 0.05) is 13.0 Å². The second-order valence-corrected chi connectivity index (χ2v) is 5.05. The molecule has 1 amide bonds. The van der Waals surface area contributed by atoms with E-state index in [-0.39, 0.29) is 18.1 Å². The molecule has 0 atom stereocenters. The van der Waals surface area contributed by atoms with Crippen LogP contribution in [0.2, 0.25) is 0 Å². The van der Waals surface area contributed by atoms with Gasteiger partial charge in [-0.05, 0) is 29.8 Å². The third-order valence-electron chi connectivity index (χ3n) is 3.58. The van der Waals surface area contributed by atoms with Crippen molar-refractivity contribution in [2.75, 3.05) is 11.4 Å². The molecule has 5 nitrogen and oxygen atoms in total. The van der Waals surface area contributed by atoms with Gasteiger partial charge in [-0.25, -0.2) is 4.79 Å². The number of nitrogens with zero attached hydrogens (tertiary/aromatic N) is 1. The van der Waals surface area contributed by atoms with Crippen molar-refractivity contribution in [1.29, 1.82) is 0 Å². The number of anilines is 1. The van der Waals surface area contributed by atoms with E-state index in [0.29, 0.717) is 18.7 Å². The molecule has 1 aliphatic heterocycles. The number of ether oxygens (including phenoxy) is 1. The minimum absolute atomic E-state index is 0.0456. The zero-order valence-corrected chi connectivity index (χ0v) is 11.9. The molecule has 2 aromatic rings. The first kappa shape index (κ1) is 14.1. The molecule has 0 spiro atoms. The van der Waals surface area contributed by atoms with E-state index in [1.165, 1.54) is 4.90 Å². The summed E-state index contributed by atoms with van der Waals surface area (Å²) in [6.45, 7) is 0.845. The number of amides is 1. The molecule has 0 bridgehead atoms. The largest absolute Gasteiger partial charge is 0.489 e. The van der Waals surface area contributed by atoms with Crippen LogP contribution in [0.1, 0.15) is 22.3 Å². The zero-order chi connectivity index (χ0) is 15.5. The van der Waals surface area contributed by atoms with Crippen molar-refractivity contribution in [2.45, 2.75) is 13.0 Å². The lowest BCUT2D eigenvalue weighted by Crippen LogP contribution is -2.44. The van der Waals surface area contributed by atoms with Crippen LogP contribution < -0.4 is 9.64 Å². The number of carbonyl (C=O) groups excluding carboxylic acids is 1. The van der Waals surface area contributed by atoms with Crippen molar-refractivity contribution >= 4 is 17.6 Å². The zero-order valence-electron chi connectivity index (χ0n) is 11.9. The Morgan fingerprint density at radius 2 is 1.95 bits per heavy atom. The van der Waals surface area contributed by atoms with E-state index in [1.807, 2.05) is 30.3 Å². The Bertz CT molecular complexity index is 712. The second kappa shape index (κ2) is 5.89. The Morgan fingerprint density at radius 3 is 2.55 bits per heavy atom. The summed E-state index contributed by atoms with van der Waals surface area (Å²) < 4.78 is 5.62. The second-order valence-electron chi connectivity index (χ2n) is 5.05. The lowest BCUT2D eigenvalue weighted by atomic mass is 10.0. The first-order valence-corrected chi connectivity index (χ1v) is 6.99. The first-order valence-electron chi connectivity index (χ1n) is 6.99. The highest BCUT2D eigenvalue weighted by Gasteiger charge is 2.28. The fourth-order valence-corrected chi connectivity index (χ4v) is 2.33. The highest BCUT2D eigenvalue weighted by molar-refractivity contribution is 6.05. The molecule has 1 fully saturated rings. The number of para-hydroxylation sites is 1. The summed E-state index contributed by atoms with van der Waals surface area (Å²) in [4.78, 5) is 24.4. The van der Waals surface area contributed by atoms with Gasteiger partial charge >= 0.3 is 5.97 Å². The Kier molecular flexibility index (Phi) is 3.78. The predicted molar refractivity (Wildman–Crippen MR) is 81.1 cm³/mol. The van der Waals surface area contributed by atoms with Crippen LogP contribution in [0, 0.1) is 0 Å². The van der Waals surface area contributed by atoms with Crippen LogP contribution in [0.4, 0.5) is 5.69 Å². The predicted octanol–water partition coefficient (Wildman–Crippen LogP) is 2.70. The first-order chi connectivity index (χ1) is 10.6. The van der Waals surface area contributed by atoms with Gasteiger partial charge in [0.2, 0.25) is 5.91 Å². The molecular weight excluding hydrogens is 282 g/mol. The molecule has 22 heavy (non-hydrogen) atoms. The summed E-state index contributed by atoms with van der Waals surface area (Å²) in [6, 6.07) is 14.3. The van der Waals surface area contributed by atoms with Gasteiger partial charge < -0.3 is 14.7 Å². The van der Waals surface area contributed by atoms with Gasteiger partial charge in [0.05, 0.1) is 11.3 Å². The summed E-state index contributed by atoms with van der Waals surface area (Å²) in [7, 11) is 0. The van der Waals surface area contributed by atoms with Gasteiger partial charge in [-0.3, -0.25) is 4.79 Å². The number of rotatable bonds is 5. The van der Waals surface area contributed by atoms with Crippen LogP contribution in [0.5, 0.6) is 5.75 Å². The van der Waals surface area contributed by atoms with E-state index < -0.39 is 5.97 Å². The molecule has 0 radical (unpaired) electrons. The van der Waals surface area contributed by atoms with E-state index in [9.17, 15) is 14.7 Å². The molecule has 1 aliphatic rings. The highest BCUT2D eigenvalue weighted by Crippen LogP contribution is 2.27. The standard InChI is InChI=1S/C17H15NO4/c19-16-8-9-18(16)15-7-6-12(10-14(15)17(20)21)11-22-13-4-2-1-3-5-13/h1-7,10H,8-9,11H2,(H,20,21). The van der Waals surface area contributed by atoms with Crippen LogP contribution in [0.3, 0.4) is 0 Å². The third-order valence-corrected chi connectivity index (χ3v) is 3.58. The van der Waals surface area contributed by atoms with E-state index in [4.69, 9.17) is 4.74 Å². The van der Waals surface area contributed by atoms with Gasteiger partial charge in [0.1, 0.15) is 12.4 Å². The van der Waals surface area contributed by atoms with Gasteiger partial charge in [-0.15, -0.1) is 0 Å².